The van der Waals surface area contributed by atoms with E-state index in [9.17, 15) is 5.11 Å². The summed E-state index contributed by atoms with van der Waals surface area (Å²) in [5.41, 5.74) is 3.10. The Morgan fingerprint density at radius 3 is 1.51 bits per heavy atom. The van der Waals surface area contributed by atoms with Gasteiger partial charge in [0.2, 0.25) is 0 Å². The summed E-state index contributed by atoms with van der Waals surface area (Å²) < 4.78 is 59.7. The van der Waals surface area contributed by atoms with Gasteiger partial charge in [0, 0.05) is 16.0 Å². The quantitative estimate of drug-likeness (QED) is 0.137. The summed E-state index contributed by atoms with van der Waals surface area (Å²) >= 11 is 1.51. The van der Waals surface area contributed by atoms with E-state index in [1.807, 2.05) is 152 Å². The highest BCUT2D eigenvalue weighted by Crippen LogP contribution is 2.43. The molecule has 0 unspecified atom stereocenters. The van der Waals surface area contributed by atoms with Crippen LogP contribution in [0.25, 0.3) is 0 Å². The normalized spacial score (nSPS) is 32.5. The summed E-state index contributed by atoms with van der Waals surface area (Å²) in [5.74, 6) is 0. The minimum absolute atomic E-state index is 0.198. The van der Waals surface area contributed by atoms with Gasteiger partial charge >= 0.3 is 0 Å². The first-order valence-corrected chi connectivity index (χ1v) is 20.4. The van der Waals surface area contributed by atoms with Gasteiger partial charge in [0.15, 0.2) is 18.9 Å². The van der Waals surface area contributed by atoms with E-state index in [1.165, 1.54) is 11.8 Å². The molecule has 0 spiro atoms. The third-order valence-corrected chi connectivity index (χ3v) is 11.7. The number of fused-ring (bicyclic) bond motifs is 2. The van der Waals surface area contributed by atoms with Crippen molar-refractivity contribution in [3.8, 4) is 0 Å². The Balaban J connectivity index is 1.03. The molecule has 0 bridgehead atoms. The van der Waals surface area contributed by atoms with E-state index in [2.05, 4.69) is 0 Å². The SMILES string of the molecule is O[C@@H]1[C@H](O[C@H]2[C@@H](OCc3ccccc3)[C@@H]3O[C@H](c4ccccc4)OC[C@H]3O[C@@H]2Sc2ccccc2)O[C@@H]2CO[C@@H](c3ccccc3)O[C@H]2[C@@H]1OCc1ccccc1. The van der Waals surface area contributed by atoms with Crippen molar-refractivity contribution in [3.63, 3.8) is 0 Å². The summed E-state index contributed by atoms with van der Waals surface area (Å²) in [7, 11) is 0. The molecule has 9 rings (SSSR count). The van der Waals surface area contributed by atoms with Crippen molar-refractivity contribution < 1.29 is 47.7 Å². The van der Waals surface area contributed by atoms with Crippen molar-refractivity contribution in [1.29, 1.82) is 0 Å². The molecule has 5 aromatic carbocycles. The Morgan fingerprint density at radius 1 is 0.509 bits per heavy atom. The Kier molecular flexibility index (Phi) is 12.4. The van der Waals surface area contributed by atoms with Gasteiger partial charge in [-0.1, -0.05) is 151 Å². The molecule has 57 heavy (non-hydrogen) atoms. The highest BCUT2D eigenvalue weighted by Gasteiger charge is 2.56. The second-order valence-corrected chi connectivity index (χ2v) is 15.7. The number of benzene rings is 5. The summed E-state index contributed by atoms with van der Waals surface area (Å²) in [6.45, 7) is 1.02. The van der Waals surface area contributed by atoms with Crippen LogP contribution in [0, 0.1) is 0 Å². The zero-order valence-corrected chi connectivity index (χ0v) is 32.0. The summed E-state index contributed by atoms with van der Waals surface area (Å²) in [6, 6.07) is 49.4. The van der Waals surface area contributed by atoms with Crippen LogP contribution in [0.15, 0.2) is 157 Å². The monoisotopic (exact) mass is 790 g/mol. The lowest BCUT2D eigenvalue weighted by molar-refractivity contribution is -0.389. The number of hydrogen-bond acceptors (Lipinski definition) is 11. The maximum atomic E-state index is 12.3. The van der Waals surface area contributed by atoms with Crippen LogP contribution in [0.1, 0.15) is 34.8 Å². The summed E-state index contributed by atoms with van der Waals surface area (Å²) in [4.78, 5) is 0.978. The summed E-state index contributed by atoms with van der Waals surface area (Å²) in [6.07, 6.45) is -8.31. The predicted molar refractivity (Wildman–Crippen MR) is 211 cm³/mol. The van der Waals surface area contributed by atoms with Gasteiger partial charge in [-0.25, -0.2) is 0 Å². The molecule has 0 amide bonds. The van der Waals surface area contributed by atoms with Crippen LogP contribution >= 0.6 is 11.8 Å². The number of rotatable bonds is 12. The zero-order valence-electron chi connectivity index (χ0n) is 31.2. The molecule has 4 saturated heterocycles. The third kappa shape index (κ3) is 9.05. The number of ether oxygens (including phenoxy) is 9. The Morgan fingerprint density at radius 2 is 0.965 bits per heavy atom. The smallest absolute Gasteiger partial charge is 0.187 e. The van der Waals surface area contributed by atoms with Crippen molar-refractivity contribution in [2.24, 2.45) is 0 Å². The van der Waals surface area contributed by atoms with Gasteiger partial charge in [0.05, 0.1) is 26.4 Å². The molecule has 5 aromatic rings. The Bertz CT molecular complexity index is 1960. The number of aliphatic hydroxyl groups excluding tert-OH is 1. The van der Waals surface area contributed by atoms with Crippen LogP contribution in [0.2, 0.25) is 0 Å². The highest BCUT2D eigenvalue weighted by atomic mass is 32.2. The van der Waals surface area contributed by atoms with E-state index in [0.29, 0.717) is 6.61 Å². The molecule has 0 radical (unpaired) electrons. The van der Waals surface area contributed by atoms with E-state index in [0.717, 1.165) is 27.1 Å². The molecular weight excluding hydrogens is 745 g/mol. The maximum Gasteiger partial charge on any atom is 0.187 e. The van der Waals surface area contributed by atoms with Crippen molar-refractivity contribution >= 4 is 11.8 Å². The van der Waals surface area contributed by atoms with Crippen LogP contribution in [0.5, 0.6) is 0 Å². The molecule has 4 fully saturated rings. The lowest BCUT2D eigenvalue weighted by Gasteiger charge is -2.52. The van der Waals surface area contributed by atoms with Crippen LogP contribution in [0.3, 0.4) is 0 Å². The largest absolute Gasteiger partial charge is 0.385 e. The molecule has 4 aliphatic rings. The first kappa shape index (κ1) is 38.6. The molecule has 0 aromatic heterocycles. The lowest BCUT2D eigenvalue weighted by atomic mass is 9.96. The Labute approximate surface area is 336 Å². The van der Waals surface area contributed by atoms with E-state index >= 15 is 0 Å². The average molecular weight is 791 g/mol. The summed E-state index contributed by atoms with van der Waals surface area (Å²) in [5, 5.41) is 12.3. The molecule has 1 N–H and O–H groups in total. The zero-order chi connectivity index (χ0) is 38.4. The lowest BCUT2D eigenvalue weighted by Crippen LogP contribution is -2.66. The standard InChI is InChI=1S/C46H46O10S/c47-37-40(48-26-30-16-6-1-7-17-30)38-35(28-50-43(54-38)32-20-10-3-11-21-32)52-45(37)56-42-41(49-27-31-18-8-2-9-19-31)39-36(53-46(42)57-34-24-14-5-15-25-34)29-51-44(55-39)33-22-12-4-13-23-33/h1-25,35-47H,26-29H2/t35-,36-,37+,38-,39-,40-,41+,42+,43-,44-,45+,46-/m1/s1. The third-order valence-electron chi connectivity index (χ3n) is 10.6. The van der Waals surface area contributed by atoms with Crippen LogP contribution in [0.4, 0.5) is 0 Å². The van der Waals surface area contributed by atoms with Gasteiger partial charge in [0.25, 0.3) is 0 Å². The van der Waals surface area contributed by atoms with Crippen LogP contribution < -0.4 is 0 Å². The second kappa shape index (κ2) is 18.3. The molecule has 11 heteroatoms. The van der Waals surface area contributed by atoms with Gasteiger partial charge in [-0.05, 0) is 23.3 Å². The molecule has 12 atom stereocenters. The van der Waals surface area contributed by atoms with Gasteiger partial charge in [-0.15, -0.1) is 0 Å². The first-order valence-electron chi connectivity index (χ1n) is 19.5. The molecule has 4 heterocycles. The van der Waals surface area contributed by atoms with Crippen molar-refractivity contribution in [3.05, 3.63) is 174 Å². The minimum Gasteiger partial charge on any atom is -0.385 e. The van der Waals surface area contributed by atoms with Gasteiger partial charge in [-0.2, -0.15) is 0 Å². The van der Waals surface area contributed by atoms with Crippen molar-refractivity contribution in [2.45, 2.75) is 91.2 Å². The van der Waals surface area contributed by atoms with E-state index < -0.39 is 73.1 Å². The fourth-order valence-electron chi connectivity index (χ4n) is 7.72. The Hall–Kier alpha value is -3.95. The van der Waals surface area contributed by atoms with Crippen molar-refractivity contribution in [1.82, 2.24) is 0 Å². The number of thioether (sulfide) groups is 1. The molecular formula is C46H46O10S. The van der Waals surface area contributed by atoms with Gasteiger partial charge in [0.1, 0.15) is 54.3 Å². The van der Waals surface area contributed by atoms with Crippen molar-refractivity contribution in [2.75, 3.05) is 13.2 Å². The van der Waals surface area contributed by atoms with Gasteiger partial charge < -0.3 is 47.7 Å². The molecule has 10 nitrogen and oxygen atoms in total. The van der Waals surface area contributed by atoms with E-state index in [1.54, 1.807) is 0 Å². The molecule has 0 aliphatic carbocycles. The fraction of sp³-hybridized carbons (Fsp3) is 0.348. The van der Waals surface area contributed by atoms with E-state index in [-0.39, 0.29) is 19.8 Å². The maximum absolute atomic E-state index is 12.3. The van der Waals surface area contributed by atoms with E-state index in [4.69, 9.17) is 42.6 Å². The minimum atomic E-state index is -1.26. The number of aliphatic hydroxyl groups is 1. The molecule has 296 valence electrons. The highest BCUT2D eigenvalue weighted by molar-refractivity contribution is 7.99. The fourth-order valence-corrected chi connectivity index (χ4v) is 8.86. The topological polar surface area (TPSA) is 103 Å². The first-order chi connectivity index (χ1) is 28.2. The molecule has 4 aliphatic heterocycles. The number of hydrogen-bond donors (Lipinski definition) is 1. The second-order valence-electron chi connectivity index (χ2n) is 14.5. The average Bonchev–Trinajstić information content (AvgIpc) is 3.27. The molecule has 0 saturated carbocycles. The van der Waals surface area contributed by atoms with Crippen LogP contribution in [-0.4, -0.2) is 78.9 Å². The van der Waals surface area contributed by atoms with Crippen LogP contribution in [-0.2, 0) is 55.8 Å². The van der Waals surface area contributed by atoms with Gasteiger partial charge in [-0.3, -0.25) is 0 Å². The predicted octanol–water partition coefficient (Wildman–Crippen LogP) is 7.37.